The molecule has 0 unspecified atom stereocenters. The molecule has 8 heteroatoms. The van der Waals surface area contributed by atoms with Crippen LogP contribution in [0.1, 0.15) is 82.0 Å². The number of carbonyl (C=O) groups is 4. The van der Waals surface area contributed by atoms with Crippen LogP contribution in [0.4, 0.5) is 0 Å². The van der Waals surface area contributed by atoms with Gasteiger partial charge in [0.1, 0.15) is 0 Å². The molecule has 0 aromatic heterocycles. The van der Waals surface area contributed by atoms with E-state index in [1.165, 1.54) is 0 Å². The van der Waals surface area contributed by atoms with Gasteiger partial charge in [0.25, 0.3) is 0 Å². The molecule has 0 saturated carbocycles. The molecule has 0 aliphatic carbocycles. The number of hydrogen-bond acceptors (Lipinski definition) is 8. The second-order valence-corrected chi connectivity index (χ2v) is 6.80. The first kappa shape index (κ1) is 28.4. The van der Waals surface area contributed by atoms with Crippen LogP contribution in [0.5, 0.6) is 0 Å². The lowest BCUT2D eigenvalue weighted by atomic mass is 10.1. The van der Waals surface area contributed by atoms with Crippen LogP contribution in [0.3, 0.4) is 0 Å². The highest BCUT2D eigenvalue weighted by molar-refractivity contribution is 6.03. The zero-order chi connectivity index (χ0) is 25.3. The van der Waals surface area contributed by atoms with Crippen molar-refractivity contribution in [3.8, 4) is 0 Å². The number of esters is 4. The number of rotatable bonds is 10. The molecule has 0 bridgehead atoms. The lowest BCUT2D eigenvalue weighted by Gasteiger charge is -2.08. The summed E-state index contributed by atoms with van der Waals surface area (Å²) in [7, 11) is 0. The number of ether oxygens (including phenoxy) is 4. The summed E-state index contributed by atoms with van der Waals surface area (Å²) in [6, 6.07) is 13.0. The third kappa shape index (κ3) is 9.05. The average Bonchev–Trinajstić information content (AvgIpc) is 2.86. The molecule has 0 radical (unpaired) electrons. The molecule has 34 heavy (non-hydrogen) atoms. The maximum absolute atomic E-state index is 11.8. The molecule has 0 atom stereocenters. The van der Waals surface area contributed by atoms with Crippen molar-refractivity contribution in [3.63, 3.8) is 0 Å². The summed E-state index contributed by atoms with van der Waals surface area (Å²) in [5, 5.41) is 0. The summed E-state index contributed by atoms with van der Waals surface area (Å²) in [5.41, 5.74) is 0.990. The Morgan fingerprint density at radius 1 is 0.500 bits per heavy atom. The molecule has 2 rings (SSSR count). The molecule has 0 aliphatic rings. The Kier molecular flexibility index (Phi) is 13.4. The lowest BCUT2D eigenvalue weighted by molar-refractivity contribution is 0.0458. The van der Waals surface area contributed by atoms with E-state index in [0.717, 1.165) is 12.8 Å². The van der Waals surface area contributed by atoms with Gasteiger partial charge in [-0.3, -0.25) is 0 Å². The van der Waals surface area contributed by atoms with Crippen molar-refractivity contribution in [1.82, 2.24) is 0 Å². The topological polar surface area (TPSA) is 105 Å². The monoisotopic (exact) mass is 472 g/mol. The number of benzene rings is 2. The van der Waals surface area contributed by atoms with Gasteiger partial charge in [0.15, 0.2) is 0 Å². The maximum atomic E-state index is 11.8. The van der Waals surface area contributed by atoms with Crippen LogP contribution in [-0.2, 0) is 18.9 Å². The number of hydrogen-bond donors (Lipinski definition) is 0. The largest absolute Gasteiger partial charge is 0.462 e. The zero-order valence-corrected chi connectivity index (χ0v) is 20.1. The van der Waals surface area contributed by atoms with E-state index in [2.05, 4.69) is 0 Å². The van der Waals surface area contributed by atoms with Crippen LogP contribution < -0.4 is 0 Å². The van der Waals surface area contributed by atoms with Crippen molar-refractivity contribution >= 4 is 23.9 Å². The van der Waals surface area contributed by atoms with Gasteiger partial charge >= 0.3 is 23.9 Å². The van der Waals surface area contributed by atoms with Crippen molar-refractivity contribution in [2.75, 3.05) is 26.4 Å². The molecule has 2 aromatic carbocycles. The smallest absolute Gasteiger partial charge is 0.339 e. The zero-order valence-electron chi connectivity index (χ0n) is 20.1. The highest BCUT2D eigenvalue weighted by Gasteiger charge is 2.19. The lowest BCUT2D eigenvalue weighted by Crippen LogP contribution is -2.14. The summed E-state index contributed by atoms with van der Waals surface area (Å²) < 4.78 is 19.8. The molecule has 0 amide bonds. The van der Waals surface area contributed by atoms with Gasteiger partial charge in [-0.1, -0.05) is 38.1 Å². The van der Waals surface area contributed by atoms with Crippen molar-refractivity contribution in [1.29, 1.82) is 0 Å². The predicted octanol–water partition coefficient (Wildman–Crippen LogP) is 4.86. The summed E-state index contributed by atoms with van der Waals surface area (Å²) in [6.07, 6.45) is 1.49. The Balaban J connectivity index is 0.000000342. The molecule has 0 heterocycles. The van der Waals surface area contributed by atoms with E-state index >= 15 is 0 Å². The van der Waals surface area contributed by atoms with Crippen LogP contribution in [-0.4, -0.2) is 50.3 Å². The van der Waals surface area contributed by atoms with E-state index in [0.29, 0.717) is 13.2 Å². The molecule has 0 spiro atoms. The third-order valence-electron chi connectivity index (χ3n) is 4.16. The van der Waals surface area contributed by atoms with Gasteiger partial charge in [0.05, 0.1) is 48.7 Å². The first-order valence-corrected chi connectivity index (χ1v) is 11.3. The van der Waals surface area contributed by atoms with Gasteiger partial charge in [0.2, 0.25) is 0 Å². The van der Waals surface area contributed by atoms with Gasteiger partial charge in [-0.15, -0.1) is 0 Å². The predicted molar refractivity (Wildman–Crippen MR) is 126 cm³/mol. The van der Waals surface area contributed by atoms with Crippen molar-refractivity contribution in [3.05, 3.63) is 70.8 Å². The summed E-state index contributed by atoms with van der Waals surface area (Å²) in [6.45, 7) is 8.49. The van der Waals surface area contributed by atoms with E-state index in [4.69, 9.17) is 18.9 Å². The summed E-state index contributed by atoms with van der Waals surface area (Å²) >= 11 is 0. The normalized spacial score (nSPS) is 9.76. The van der Waals surface area contributed by atoms with E-state index in [-0.39, 0.29) is 35.5 Å². The highest BCUT2D eigenvalue weighted by Crippen LogP contribution is 2.13. The average molecular weight is 473 g/mol. The van der Waals surface area contributed by atoms with Gasteiger partial charge in [0, 0.05) is 0 Å². The maximum Gasteiger partial charge on any atom is 0.339 e. The second-order valence-electron chi connectivity index (χ2n) is 6.80. The summed E-state index contributed by atoms with van der Waals surface area (Å²) in [4.78, 5) is 46.6. The molecule has 184 valence electrons. The first-order valence-electron chi connectivity index (χ1n) is 11.3. The van der Waals surface area contributed by atoms with Gasteiger partial charge in [-0.2, -0.15) is 0 Å². The van der Waals surface area contributed by atoms with E-state index in [1.54, 1.807) is 62.4 Å². The Morgan fingerprint density at radius 3 is 1.00 bits per heavy atom. The molecule has 2 aromatic rings. The molecule has 0 fully saturated rings. The standard InChI is InChI=1S/C14H18O4.C12H14O4/c1-3-9-17-13(15)11-7-5-6-8-12(11)14(16)18-10-4-2;1-3-15-11(13)9-7-5-6-8-10(9)12(14)16-4-2/h5-8H,3-4,9-10H2,1-2H3;5-8H,3-4H2,1-2H3. The van der Waals surface area contributed by atoms with E-state index in [1.807, 2.05) is 13.8 Å². The fourth-order valence-electron chi connectivity index (χ4n) is 2.64. The highest BCUT2D eigenvalue weighted by atomic mass is 16.5. The van der Waals surface area contributed by atoms with Crippen LogP contribution in [0.25, 0.3) is 0 Å². The molecule has 0 N–H and O–H groups in total. The third-order valence-corrected chi connectivity index (χ3v) is 4.16. The van der Waals surface area contributed by atoms with Crippen LogP contribution >= 0.6 is 0 Å². The fraction of sp³-hybridized carbons (Fsp3) is 0.385. The molecular weight excluding hydrogens is 440 g/mol. The minimum atomic E-state index is -0.508. The van der Waals surface area contributed by atoms with E-state index < -0.39 is 23.9 Å². The fourth-order valence-corrected chi connectivity index (χ4v) is 2.64. The van der Waals surface area contributed by atoms with E-state index in [9.17, 15) is 19.2 Å². The molecule has 8 nitrogen and oxygen atoms in total. The van der Waals surface area contributed by atoms with Crippen molar-refractivity contribution < 1.29 is 38.1 Å². The van der Waals surface area contributed by atoms with Crippen molar-refractivity contribution in [2.45, 2.75) is 40.5 Å². The van der Waals surface area contributed by atoms with Gasteiger partial charge in [-0.25, -0.2) is 19.2 Å². The Bertz CT molecular complexity index is 875. The Hall–Kier alpha value is -3.68. The first-order chi connectivity index (χ1) is 16.4. The molecular formula is C26H32O8. The second kappa shape index (κ2) is 16.0. The molecule has 0 aliphatic heterocycles. The van der Waals surface area contributed by atoms with Crippen LogP contribution in [0.2, 0.25) is 0 Å². The minimum Gasteiger partial charge on any atom is -0.462 e. The Morgan fingerprint density at radius 2 is 0.765 bits per heavy atom. The number of carbonyl (C=O) groups excluding carboxylic acids is 4. The SMILES string of the molecule is CCCOC(=O)c1ccccc1C(=O)OCCC.CCOC(=O)c1ccccc1C(=O)OCC. The summed E-state index contributed by atoms with van der Waals surface area (Å²) in [5.74, 6) is -1.99. The Labute approximate surface area is 200 Å². The molecule has 0 saturated heterocycles. The van der Waals surface area contributed by atoms with Crippen LogP contribution in [0, 0.1) is 0 Å². The van der Waals surface area contributed by atoms with Gasteiger partial charge in [-0.05, 0) is 51.0 Å². The van der Waals surface area contributed by atoms with Gasteiger partial charge < -0.3 is 18.9 Å². The van der Waals surface area contributed by atoms with Crippen molar-refractivity contribution in [2.24, 2.45) is 0 Å². The quantitative estimate of drug-likeness (QED) is 0.357. The minimum absolute atomic E-state index is 0.239. The van der Waals surface area contributed by atoms with Crippen LogP contribution in [0.15, 0.2) is 48.5 Å².